The lowest BCUT2D eigenvalue weighted by molar-refractivity contribution is 0.396. The van der Waals surface area contributed by atoms with Crippen LogP contribution in [-0.4, -0.2) is 34.7 Å². The molecular formula is C12H16N4O2S. The first kappa shape index (κ1) is 13.7. The molecule has 1 atom stereocenters. The highest BCUT2D eigenvalue weighted by molar-refractivity contribution is 7.89. The summed E-state index contributed by atoms with van der Waals surface area (Å²) in [5.41, 5.74) is 0.886. The first-order valence-corrected chi connectivity index (χ1v) is 7.26. The molecule has 2 heterocycles. The summed E-state index contributed by atoms with van der Waals surface area (Å²) in [6.07, 6.45) is 4.62. The van der Waals surface area contributed by atoms with Crippen LogP contribution in [-0.2, 0) is 10.0 Å². The quantitative estimate of drug-likeness (QED) is 0.920. The van der Waals surface area contributed by atoms with Crippen molar-refractivity contribution >= 4 is 10.0 Å². The van der Waals surface area contributed by atoms with Crippen LogP contribution in [0.4, 0.5) is 0 Å². The molecule has 0 fully saturated rings. The molecule has 0 radical (unpaired) electrons. The van der Waals surface area contributed by atoms with Crippen molar-refractivity contribution in [3.05, 3.63) is 42.1 Å². The number of hydrogen-bond acceptors (Lipinski definition) is 4. The minimum atomic E-state index is -3.57. The van der Waals surface area contributed by atoms with Gasteiger partial charge in [0.25, 0.3) is 10.0 Å². The molecule has 0 amide bonds. The molecule has 2 aromatic rings. The van der Waals surface area contributed by atoms with Gasteiger partial charge >= 0.3 is 0 Å². The van der Waals surface area contributed by atoms with Gasteiger partial charge in [-0.2, -0.15) is 4.31 Å². The predicted octanol–water partition coefficient (Wildman–Crippen LogP) is 1.49. The zero-order valence-corrected chi connectivity index (χ0v) is 11.8. The van der Waals surface area contributed by atoms with Crippen molar-refractivity contribution in [3.8, 4) is 0 Å². The third-order valence-electron chi connectivity index (χ3n) is 3.07. The Morgan fingerprint density at radius 1 is 1.32 bits per heavy atom. The molecule has 102 valence electrons. The summed E-state index contributed by atoms with van der Waals surface area (Å²) in [4.78, 5) is 10.6. The van der Waals surface area contributed by atoms with Crippen LogP contribution in [0.1, 0.15) is 24.4 Å². The number of nitrogens with one attached hydrogen (secondary N) is 1. The number of pyridine rings is 1. The van der Waals surface area contributed by atoms with Crippen molar-refractivity contribution in [3.63, 3.8) is 0 Å². The monoisotopic (exact) mass is 280 g/mol. The molecule has 1 unspecified atom stereocenters. The van der Waals surface area contributed by atoms with Crippen LogP contribution in [0.5, 0.6) is 0 Å². The number of rotatable bonds is 4. The molecule has 0 saturated carbocycles. The summed E-state index contributed by atoms with van der Waals surface area (Å²) in [5, 5.41) is 0.105. The van der Waals surface area contributed by atoms with Gasteiger partial charge in [0.15, 0.2) is 5.03 Å². The smallest absolute Gasteiger partial charge is 0.260 e. The van der Waals surface area contributed by atoms with Gasteiger partial charge in [-0.15, -0.1) is 0 Å². The predicted molar refractivity (Wildman–Crippen MR) is 70.9 cm³/mol. The molecule has 0 spiro atoms. The van der Waals surface area contributed by atoms with Gasteiger partial charge in [0, 0.05) is 25.5 Å². The molecule has 0 aliphatic heterocycles. The third kappa shape index (κ3) is 2.66. The van der Waals surface area contributed by atoms with Crippen LogP contribution in [0, 0.1) is 6.92 Å². The summed E-state index contributed by atoms with van der Waals surface area (Å²) in [6, 6.07) is 3.32. The van der Waals surface area contributed by atoms with E-state index in [1.54, 1.807) is 38.5 Å². The lowest BCUT2D eigenvalue weighted by atomic mass is 10.1. The summed E-state index contributed by atoms with van der Waals surface area (Å²) < 4.78 is 26.1. The zero-order chi connectivity index (χ0) is 14.0. The van der Waals surface area contributed by atoms with Crippen molar-refractivity contribution < 1.29 is 8.42 Å². The van der Waals surface area contributed by atoms with E-state index >= 15 is 0 Å². The van der Waals surface area contributed by atoms with Crippen LogP contribution >= 0.6 is 0 Å². The molecule has 0 bridgehead atoms. The van der Waals surface area contributed by atoms with E-state index in [9.17, 15) is 8.42 Å². The molecule has 19 heavy (non-hydrogen) atoms. The zero-order valence-electron chi connectivity index (χ0n) is 11.0. The minimum Gasteiger partial charge on any atom is -0.332 e. The molecule has 2 aromatic heterocycles. The average Bonchev–Trinajstić information content (AvgIpc) is 2.85. The number of imidazole rings is 1. The van der Waals surface area contributed by atoms with E-state index in [0.29, 0.717) is 5.82 Å². The highest BCUT2D eigenvalue weighted by Crippen LogP contribution is 2.24. The van der Waals surface area contributed by atoms with Gasteiger partial charge in [-0.1, -0.05) is 0 Å². The molecule has 2 rings (SSSR count). The summed E-state index contributed by atoms with van der Waals surface area (Å²) in [5.74, 6) is 0.573. The number of sulfonamides is 1. The number of aromatic nitrogens is 3. The van der Waals surface area contributed by atoms with Gasteiger partial charge in [0.1, 0.15) is 5.82 Å². The maximum Gasteiger partial charge on any atom is 0.260 e. The second-order valence-electron chi connectivity index (χ2n) is 4.31. The average molecular weight is 280 g/mol. The van der Waals surface area contributed by atoms with Crippen LogP contribution < -0.4 is 0 Å². The molecule has 0 saturated heterocycles. The van der Waals surface area contributed by atoms with E-state index in [1.165, 1.54) is 10.5 Å². The van der Waals surface area contributed by atoms with E-state index in [1.807, 2.05) is 6.92 Å². The third-order valence-corrected chi connectivity index (χ3v) is 4.91. The standard InChI is InChI=1S/C12H16N4O2S/c1-9(11-4-6-13-7-5-11)16(3)19(17,18)12-8-14-10(2)15-12/h4-9H,1-3H3,(H,14,15). The Morgan fingerprint density at radius 2 is 1.95 bits per heavy atom. The van der Waals surface area contributed by atoms with Crippen LogP contribution in [0.3, 0.4) is 0 Å². The van der Waals surface area contributed by atoms with Gasteiger partial charge < -0.3 is 4.98 Å². The minimum absolute atomic E-state index is 0.105. The van der Waals surface area contributed by atoms with Gasteiger partial charge in [0.2, 0.25) is 0 Å². The fraction of sp³-hybridized carbons (Fsp3) is 0.333. The van der Waals surface area contributed by atoms with Gasteiger partial charge in [-0.25, -0.2) is 13.4 Å². The van der Waals surface area contributed by atoms with Crippen molar-refractivity contribution in [2.45, 2.75) is 24.9 Å². The molecule has 7 heteroatoms. The van der Waals surface area contributed by atoms with Crippen LogP contribution in [0.2, 0.25) is 0 Å². The number of hydrogen-bond donors (Lipinski definition) is 1. The number of aromatic amines is 1. The normalized spacial score (nSPS) is 13.7. The van der Waals surface area contributed by atoms with Crippen molar-refractivity contribution in [1.29, 1.82) is 0 Å². The topological polar surface area (TPSA) is 79.0 Å². The molecular weight excluding hydrogens is 264 g/mol. The fourth-order valence-corrected chi connectivity index (χ4v) is 3.06. The van der Waals surface area contributed by atoms with Crippen molar-refractivity contribution in [1.82, 2.24) is 19.3 Å². The second-order valence-corrected chi connectivity index (χ2v) is 6.28. The Labute approximate surface area is 112 Å². The summed E-state index contributed by atoms with van der Waals surface area (Å²) in [7, 11) is -2.02. The van der Waals surface area contributed by atoms with E-state index in [0.717, 1.165) is 5.56 Å². The second kappa shape index (κ2) is 5.10. The largest absolute Gasteiger partial charge is 0.332 e. The highest BCUT2D eigenvalue weighted by atomic mass is 32.2. The lowest BCUT2D eigenvalue weighted by Crippen LogP contribution is -2.30. The Hall–Kier alpha value is -1.73. The Balaban J connectivity index is 2.31. The Kier molecular flexibility index (Phi) is 3.68. The fourth-order valence-electron chi connectivity index (χ4n) is 1.74. The molecule has 6 nitrogen and oxygen atoms in total. The van der Waals surface area contributed by atoms with Crippen molar-refractivity contribution in [2.24, 2.45) is 0 Å². The Morgan fingerprint density at radius 3 is 2.47 bits per heavy atom. The summed E-state index contributed by atoms with van der Waals surface area (Å²) >= 11 is 0. The Bertz CT molecular complexity index is 651. The van der Waals surface area contributed by atoms with E-state index < -0.39 is 10.0 Å². The first-order valence-electron chi connectivity index (χ1n) is 5.82. The number of H-pyrrole nitrogens is 1. The highest BCUT2D eigenvalue weighted by Gasteiger charge is 2.27. The van der Waals surface area contributed by atoms with Gasteiger partial charge in [0.05, 0.1) is 6.20 Å². The molecule has 0 aliphatic rings. The van der Waals surface area contributed by atoms with Crippen LogP contribution in [0.25, 0.3) is 0 Å². The van der Waals surface area contributed by atoms with Gasteiger partial charge in [-0.3, -0.25) is 4.98 Å². The number of aryl methyl sites for hydroxylation is 1. The first-order chi connectivity index (χ1) is 8.93. The van der Waals surface area contributed by atoms with Gasteiger partial charge in [-0.05, 0) is 31.5 Å². The number of nitrogens with zero attached hydrogens (tertiary/aromatic N) is 3. The SMILES string of the molecule is Cc1ncc(S(=O)(=O)N(C)C(C)c2ccncc2)[nH]1. The van der Waals surface area contributed by atoms with Crippen LogP contribution in [0.15, 0.2) is 35.7 Å². The van der Waals surface area contributed by atoms with Crippen molar-refractivity contribution in [2.75, 3.05) is 7.05 Å². The maximum absolute atomic E-state index is 12.4. The van der Waals surface area contributed by atoms with E-state index in [4.69, 9.17) is 0 Å². The summed E-state index contributed by atoms with van der Waals surface area (Å²) in [6.45, 7) is 3.54. The van der Waals surface area contributed by atoms with E-state index in [2.05, 4.69) is 15.0 Å². The molecule has 1 N–H and O–H groups in total. The molecule has 0 aromatic carbocycles. The van der Waals surface area contributed by atoms with E-state index in [-0.39, 0.29) is 11.1 Å². The lowest BCUT2D eigenvalue weighted by Gasteiger charge is -2.23. The maximum atomic E-state index is 12.4. The molecule has 0 aliphatic carbocycles.